The van der Waals surface area contributed by atoms with Gasteiger partial charge in [-0.1, -0.05) is 22.9 Å². The quantitative estimate of drug-likeness (QED) is 0.212. The predicted octanol–water partition coefficient (Wildman–Crippen LogP) is 2.48. The van der Waals surface area contributed by atoms with Gasteiger partial charge in [-0.15, -0.1) is 24.0 Å². The Morgan fingerprint density at radius 2 is 1.88 bits per heavy atom. The maximum Gasteiger partial charge on any atom is 0.220 e. The van der Waals surface area contributed by atoms with Crippen molar-refractivity contribution in [3.05, 3.63) is 47.9 Å². The van der Waals surface area contributed by atoms with Crippen LogP contribution in [0.25, 0.3) is 0 Å². The van der Waals surface area contributed by atoms with E-state index in [1.165, 1.54) is 16.1 Å². The number of guanidine groups is 1. The second kappa shape index (κ2) is 13.0. The second-order valence-corrected chi connectivity index (χ2v) is 9.44. The van der Waals surface area contributed by atoms with Gasteiger partial charge in [0.15, 0.2) is 5.96 Å². The Balaban J connectivity index is 0.00000363. The fourth-order valence-electron chi connectivity index (χ4n) is 3.35. The largest absolute Gasteiger partial charge is 0.494 e. The van der Waals surface area contributed by atoms with Gasteiger partial charge in [-0.2, -0.15) is 4.31 Å². The van der Waals surface area contributed by atoms with Gasteiger partial charge in [0.1, 0.15) is 17.8 Å². The molecule has 1 aliphatic rings. The molecule has 0 amide bonds. The molecule has 11 heteroatoms. The third-order valence-electron chi connectivity index (χ3n) is 5.11. The molecule has 32 heavy (non-hydrogen) atoms. The average Bonchev–Trinajstić information content (AvgIpc) is 3.27. The van der Waals surface area contributed by atoms with Crippen LogP contribution in [0, 0.1) is 6.92 Å². The van der Waals surface area contributed by atoms with E-state index in [4.69, 9.17) is 9.26 Å². The highest BCUT2D eigenvalue weighted by atomic mass is 127. The molecular formula is C21H32IN5O4S. The van der Waals surface area contributed by atoms with E-state index < -0.39 is 10.0 Å². The summed E-state index contributed by atoms with van der Waals surface area (Å²) in [6, 6.07) is 9.63. The van der Waals surface area contributed by atoms with Crippen LogP contribution in [0.15, 0.2) is 46.1 Å². The molecule has 178 valence electrons. The molecule has 1 aliphatic heterocycles. The van der Waals surface area contributed by atoms with E-state index >= 15 is 0 Å². The van der Waals surface area contributed by atoms with Crippen LogP contribution >= 0.6 is 24.0 Å². The molecule has 0 atom stereocenters. The van der Waals surface area contributed by atoms with Crippen LogP contribution in [-0.4, -0.2) is 75.1 Å². The summed E-state index contributed by atoms with van der Waals surface area (Å²) in [5.74, 6) is 1.56. The van der Waals surface area contributed by atoms with Crippen molar-refractivity contribution in [2.75, 3.05) is 46.4 Å². The zero-order valence-corrected chi connectivity index (χ0v) is 21.7. The number of benzene rings is 1. The summed E-state index contributed by atoms with van der Waals surface area (Å²) in [4.78, 5) is 6.43. The smallest absolute Gasteiger partial charge is 0.220 e. The van der Waals surface area contributed by atoms with Gasteiger partial charge in [-0.3, -0.25) is 4.99 Å². The Kier molecular flexibility index (Phi) is 10.7. The Morgan fingerprint density at radius 3 is 2.50 bits per heavy atom. The molecule has 1 aromatic carbocycles. The number of halogens is 1. The maximum atomic E-state index is 12.6. The standard InChI is InChI=1S/C21H31N5O4S.HI/c1-18-5-7-20(8-6-18)29-15-4-3-10-23-21(22-2)25-11-13-26(14-12-25)31(27,28)17-19-9-16-30-24-19;/h5-9,16H,3-4,10-15,17H2,1-2H3,(H,22,23);1H. The van der Waals surface area contributed by atoms with E-state index in [1.807, 2.05) is 24.3 Å². The minimum atomic E-state index is -3.40. The summed E-state index contributed by atoms with van der Waals surface area (Å²) in [5.41, 5.74) is 1.64. The van der Waals surface area contributed by atoms with Gasteiger partial charge in [-0.05, 0) is 31.9 Å². The van der Waals surface area contributed by atoms with Crippen molar-refractivity contribution in [3.8, 4) is 5.75 Å². The minimum absolute atomic E-state index is 0. The molecule has 0 spiro atoms. The van der Waals surface area contributed by atoms with Crippen LogP contribution in [0.5, 0.6) is 5.75 Å². The van der Waals surface area contributed by atoms with Crippen LogP contribution in [0.2, 0.25) is 0 Å². The first kappa shape index (κ1) is 26.4. The number of hydrogen-bond acceptors (Lipinski definition) is 6. The molecule has 1 aromatic heterocycles. The third kappa shape index (κ3) is 7.93. The van der Waals surface area contributed by atoms with Crippen LogP contribution in [0.3, 0.4) is 0 Å². The lowest BCUT2D eigenvalue weighted by atomic mass is 10.2. The number of nitrogens with zero attached hydrogens (tertiary/aromatic N) is 4. The SMILES string of the molecule is CN=C(NCCCCOc1ccc(C)cc1)N1CCN(S(=O)(=O)Cc2ccon2)CC1.I. The Hall–Kier alpha value is -1.86. The first-order chi connectivity index (χ1) is 15.0. The van der Waals surface area contributed by atoms with E-state index in [0.717, 1.165) is 31.1 Å². The highest BCUT2D eigenvalue weighted by molar-refractivity contribution is 14.0. The van der Waals surface area contributed by atoms with Crippen molar-refractivity contribution in [2.45, 2.75) is 25.5 Å². The number of piperazine rings is 1. The van der Waals surface area contributed by atoms with Crippen molar-refractivity contribution in [1.82, 2.24) is 19.7 Å². The van der Waals surface area contributed by atoms with Crippen LogP contribution in [0.4, 0.5) is 0 Å². The number of sulfonamides is 1. The highest BCUT2D eigenvalue weighted by Gasteiger charge is 2.28. The monoisotopic (exact) mass is 577 g/mol. The van der Waals surface area contributed by atoms with Crippen LogP contribution in [0.1, 0.15) is 24.1 Å². The predicted molar refractivity (Wildman–Crippen MR) is 135 cm³/mol. The van der Waals surface area contributed by atoms with E-state index in [1.54, 1.807) is 13.1 Å². The lowest BCUT2D eigenvalue weighted by Gasteiger charge is -2.35. The van der Waals surface area contributed by atoms with E-state index in [9.17, 15) is 8.42 Å². The first-order valence-electron chi connectivity index (χ1n) is 10.5. The van der Waals surface area contributed by atoms with Gasteiger partial charge < -0.3 is 19.5 Å². The summed E-state index contributed by atoms with van der Waals surface area (Å²) < 4.78 is 37.1. The average molecular weight is 577 g/mol. The van der Waals surface area contributed by atoms with Gasteiger partial charge in [0.25, 0.3) is 0 Å². The number of ether oxygens (including phenoxy) is 1. The number of hydrogen-bond donors (Lipinski definition) is 1. The second-order valence-electron chi connectivity index (χ2n) is 7.48. The molecule has 0 unspecified atom stereocenters. The zero-order chi connectivity index (χ0) is 22.1. The summed E-state index contributed by atoms with van der Waals surface area (Å²) in [7, 11) is -1.66. The number of aliphatic imine (C=N–C) groups is 1. The van der Waals surface area contributed by atoms with Gasteiger partial charge in [0, 0.05) is 45.8 Å². The van der Waals surface area contributed by atoms with E-state index in [2.05, 4.69) is 27.3 Å². The summed E-state index contributed by atoms with van der Waals surface area (Å²) in [5, 5.41) is 7.06. The fraction of sp³-hybridized carbons (Fsp3) is 0.524. The molecule has 0 aliphatic carbocycles. The van der Waals surface area contributed by atoms with Gasteiger partial charge in [-0.25, -0.2) is 8.42 Å². The zero-order valence-electron chi connectivity index (χ0n) is 18.6. The van der Waals surface area contributed by atoms with Gasteiger partial charge >= 0.3 is 0 Å². The number of aromatic nitrogens is 1. The number of unbranched alkanes of at least 4 members (excludes halogenated alkanes) is 1. The molecule has 1 fully saturated rings. The molecule has 0 radical (unpaired) electrons. The highest BCUT2D eigenvalue weighted by Crippen LogP contribution is 2.13. The molecule has 2 heterocycles. The van der Waals surface area contributed by atoms with Gasteiger partial charge in [0.2, 0.25) is 10.0 Å². The summed E-state index contributed by atoms with van der Waals surface area (Å²) in [6.07, 6.45) is 3.27. The molecule has 1 N–H and O–H groups in total. The van der Waals surface area contributed by atoms with Crippen molar-refractivity contribution in [2.24, 2.45) is 4.99 Å². The third-order valence-corrected chi connectivity index (χ3v) is 6.92. The fourth-order valence-corrected chi connectivity index (χ4v) is 4.78. The van der Waals surface area contributed by atoms with Crippen molar-refractivity contribution in [1.29, 1.82) is 0 Å². The molecule has 0 saturated carbocycles. The van der Waals surface area contributed by atoms with Crippen LogP contribution < -0.4 is 10.1 Å². The van der Waals surface area contributed by atoms with E-state index in [-0.39, 0.29) is 29.7 Å². The summed E-state index contributed by atoms with van der Waals surface area (Å²) >= 11 is 0. The Labute approximate surface area is 207 Å². The topological polar surface area (TPSA) is 100 Å². The molecular weight excluding hydrogens is 545 g/mol. The van der Waals surface area contributed by atoms with Gasteiger partial charge in [0.05, 0.1) is 12.3 Å². The first-order valence-corrected chi connectivity index (χ1v) is 12.1. The molecule has 0 bridgehead atoms. The Morgan fingerprint density at radius 1 is 1.16 bits per heavy atom. The van der Waals surface area contributed by atoms with Crippen LogP contribution in [-0.2, 0) is 15.8 Å². The molecule has 3 rings (SSSR count). The molecule has 2 aromatic rings. The molecule has 9 nitrogen and oxygen atoms in total. The normalized spacial score (nSPS) is 15.3. The number of rotatable bonds is 9. The minimum Gasteiger partial charge on any atom is -0.494 e. The van der Waals surface area contributed by atoms with E-state index in [0.29, 0.717) is 38.5 Å². The van der Waals surface area contributed by atoms with Crippen molar-refractivity contribution in [3.63, 3.8) is 0 Å². The summed E-state index contributed by atoms with van der Waals surface area (Å²) in [6.45, 7) is 5.54. The maximum absolute atomic E-state index is 12.6. The number of nitrogens with one attached hydrogen (secondary N) is 1. The lowest BCUT2D eigenvalue weighted by molar-refractivity contribution is 0.259. The lowest BCUT2D eigenvalue weighted by Crippen LogP contribution is -2.54. The van der Waals surface area contributed by atoms with Crippen molar-refractivity contribution < 1.29 is 17.7 Å². The Bertz CT molecular complexity index is 928. The van der Waals surface area contributed by atoms with Crippen molar-refractivity contribution >= 4 is 40.0 Å². The molecule has 1 saturated heterocycles. The number of aryl methyl sites for hydroxylation is 1.